The molecule has 2 rings (SSSR count). The zero-order valence-electron chi connectivity index (χ0n) is 10.8. The van der Waals surface area contributed by atoms with Crippen molar-refractivity contribution in [3.63, 3.8) is 0 Å². The van der Waals surface area contributed by atoms with Crippen LogP contribution in [0, 0.1) is 0 Å². The van der Waals surface area contributed by atoms with Crippen molar-refractivity contribution in [2.75, 3.05) is 25.0 Å². The standard InChI is InChI=1S/C13H16F2N2O3/c14-13(15)20-11-3-1-9(2-4-11)16-12(19)8-17-6-5-10(18)7-17/h1-4,10,13,18H,5-8H2,(H,16,19)/t10-/m0/s1. The predicted octanol–water partition coefficient (Wildman–Crippen LogP) is 1.29. The first kappa shape index (κ1) is 14.7. The lowest BCUT2D eigenvalue weighted by molar-refractivity contribution is -0.117. The summed E-state index contributed by atoms with van der Waals surface area (Å²) in [6, 6.07) is 5.71. The van der Waals surface area contributed by atoms with Crippen molar-refractivity contribution in [2.45, 2.75) is 19.1 Å². The van der Waals surface area contributed by atoms with Gasteiger partial charge in [-0.25, -0.2) is 0 Å². The van der Waals surface area contributed by atoms with E-state index in [2.05, 4.69) is 10.1 Å². The van der Waals surface area contributed by atoms with Crippen LogP contribution in [0.25, 0.3) is 0 Å². The number of hydrogen-bond donors (Lipinski definition) is 2. The fraction of sp³-hybridized carbons (Fsp3) is 0.462. The molecule has 1 fully saturated rings. The number of nitrogens with zero attached hydrogens (tertiary/aromatic N) is 1. The number of ether oxygens (including phenoxy) is 1. The van der Waals surface area contributed by atoms with Crippen LogP contribution in [0.2, 0.25) is 0 Å². The smallest absolute Gasteiger partial charge is 0.387 e. The van der Waals surface area contributed by atoms with E-state index in [1.807, 2.05) is 4.90 Å². The van der Waals surface area contributed by atoms with Gasteiger partial charge in [0.25, 0.3) is 0 Å². The van der Waals surface area contributed by atoms with Crippen molar-refractivity contribution in [3.05, 3.63) is 24.3 Å². The van der Waals surface area contributed by atoms with Gasteiger partial charge in [-0.05, 0) is 30.7 Å². The summed E-state index contributed by atoms with van der Waals surface area (Å²) in [5.41, 5.74) is 0.511. The third-order valence-corrected chi connectivity index (χ3v) is 2.98. The second kappa shape index (κ2) is 6.62. The van der Waals surface area contributed by atoms with E-state index in [4.69, 9.17) is 0 Å². The summed E-state index contributed by atoms with van der Waals surface area (Å²) in [5, 5.41) is 12.0. The minimum atomic E-state index is -2.86. The van der Waals surface area contributed by atoms with Crippen LogP contribution in [0.3, 0.4) is 0 Å². The van der Waals surface area contributed by atoms with E-state index in [-0.39, 0.29) is 24.3 Å². The maximum absolute atomic E-state index is 12.0. The van der Waals surface area contributed by atoms with E-state index in [1.54, 1.807) is 0 Å². The first-order valence-electron chi connectivity index (χ1n) is 6.28. The molecule has 2 N–H and O–H groups in total. The molecule has 110 valence electrons. The second-order valence-electron chi connectivity index (χ2n) is 4.63. The van der Waals surface area contributed by atoms with Crippen LogP contribution in [0.5, 0.6) is 5.75 Å². The zero-order chi connectivity index (χ0) is 14.5. The topological polar surface area (TPSA) is 61.8 Å². The lowest BCUT2D eigenvalue weighted by atomic mass is 10.3. The van der Waals surface area contributed by atoms with Gasteiger partial charge in [-0.3, -0.25) is 9.69 Å². The Hall–Kier alpha value is -1.73. The molecule has 1 heterocycles. The Morgan fingerprint density at radius 2 is 2.15 bits per heavy atom. The minimum Gasteiger partial charge on any atom is -0.435 e. The van der Waals surface area contributed by atoms with Crippen LogP contribution in [-0.2, 0) is 4.79 Å². The van der Waals surface area contributed by atoms with Crippen LogP contribution >= 0.6 is 0 Å². The van der Waals surface area contributed by atoms with Crippen molar-refractivity contribution in [2.24, 2.45) is 0 Å². The summed E-state index contributed by atoms with van der Waals surface area (Å²) < 4.78 is 28.2. The molecule has 0 spiro atoms. The van der Waals surface area contributed by atoms with Gasteiger partial charge in [0.2, 0.25) is 5.91 Å². The number of rotatable bonds is 5. The lowest BCUT2D eigenvalue weighted by Crippen LogP contribution is -2.32. The van der Waals surface area contributed by atoms with E-state index >= 15 is 0 Å². The highest BCUT2D eigenvalue weighted by Gasteiger charge is 2.21. The number of amides is 1. The Balaban J connectivity index is 1.82. The van der Waals surface area contributed by atoms with E-state index < -0.39 is 6.61 Å². The van der Waals surface area contributed by atoms with Gasteiger partial charge in [-0.2, -0.15) is 8.78 Å². The van der Waals surface area contributed by atoms with Crippen LogP contribution in [-0.4, -0.2) is 48.3 Å². The summed E-state index contributed by atoms with van der Waals surface area (Å²) in [5.74, 6) is -0.165. The number of anilines is 1. The molecule has 0 aliphatic carbocycles. The van der Waals surface area contributed by atoms with E-state index in [9.17, 15) is 18.7 Å². The van der Waals surface area contributed by atoms with Crippen LogP contribution in [0.15, 0.2) is 24.3 Å². The van der Waals surface area contributed by atoms with E-state index in [0.29, 0.717) is 25.2 Å². The fourth-order valence-electron chi connectivity index (χ4n) is 2.08. The number of hydrogen-bond acceptors (Lipinski definition) is 4. The van der Waals surface area contributed by atoms with Gasteiger partial charge in [0.1, 0.15) is 5.75 Å². The molecule has 1 aliphatic heterocycles. The predicted molar refractivity (Wildman–Crippen MR) is 68.8 cm³/mol. The van der Waals surface area contributed by atoms with Gasteiger partial charge in [0.05, 0.1) is 12.6 Å². The molecule has 1 aromatic carbocycles. The number of aliphatic hydroxyl groups is 1. The second-order valence-corrected chi connectivity index (χ2v) is 4.63. The summed E-state index contributed by atoms with van der Waals surface area (Å²) in [4.78, 5) is 13.6. The molecule has 0 radical (unpaired) electrons. The molecule has 7 heteroatoms. The minimum absolute atomic E-state index is 0.0423. The fourth-order valence-corrected chi connectivity index (χ4v) is 2.08. The number of carbonyl (C=O) groups excluding carboxylic acids is 1. The third kappa shape index (κ3) is 4.43. The summed E-state index contributed by atoms with van der Waals surface area (Å²) >= 11 is 0. The molecule has 1 aromatic rings. The van der Waals surface area contributed by atoms with Crippen molar-refractivity contribution < 1.29 is 23.4 Å². The average Bonchev–Trinajstić information content (AvgIpc) is 2.76. The molecule has 1 amide bonds. The van der Waals surface area contributed by atoms with Crippen LogP contribution in [0.1, 0.15) is 6.42 Å². The summed E-state index contributed by atoms with van der Waals surface area (Å²) in [7, 11) is 0. The largest absolute Gasteiger partial charge is 0.435 e. The summed E-state index contributed by atoms with van der Waals surface area (Å²) in [6.07, 6.45) is 0.306. The monoisotopic (exact) mass is 286 g/mol. The highest BCUT2D eigenvalue weighted by Crippen LogP contribution is 2.17. The van der Waals surface area contributed by atoms with Gasteiger partial charge >= 0.3 is 6.61 Å². The zero-order valence-corrected chi connectivity index (χ0v) is 10.8. The maximum atomic E-state index is 12.0. The average molecular weight is 286 g/mol. The van der Waals surface area contributed by atoms with Crippen LogP contribution < -0.4 is 10.1 Å². The molecular formula is C13H16F2N2O3. The van der Waals surface area contributed by atoms with Gasteiger partial charge in [-0.1, -0.05) is 0 Å². The van der Waals surface area contributed by atoms with E-state index in [0.717, 1.165) is 0 Å². The quantitative estimate of drug-likeness (QED) is 0.856. The number of benzene rings is 1. The molecule has 0 bridgehead atoms. The first-order chi connectivity index (χ1) is 9.52. The molecular weight excluding hydrogens is 270 g/mol. The molecule has 1 saturated heterocycles. The number of nitrogens with one attached hydrogen (secondary N) is 1. The maximum Gasteiger partial charge on any atom is 0.387 e. The normalized spacial score (nSPS) is 19.3. The Kier molecular flexibility index (Phi) is 4.86. The van der Waals surface area contributed by atoms with Crippen molar-refractivity contribution >= 4 is 11.6 Å². The highest BCUT2D eigenvalue weighted by atomic mass is 19.3. The van der Waals surface area contributed by atoms with Gasteiger partial charge in [0, 0.05) is 18.8 Å². The van der Waals surface area contributed by atoms with Crippen molar-refractivity contribution in [3.8, 4) is 5.75 Å². The molecule has 20 heavy (non-hydrogen) atoms. The third-order valence-electron chi connectivity index (χ3n) is 2.98. The highest BCUT2D eigenvalue weighted by molar-refractivity contribution is 5.92. The number of carbonyl (C=O) groups is 1. The molecule has 0 unspecified atom stereocenters. The van der Waals surface area contributed by atoms with Crippen molar-refractivity contribution in [1.29, 1.82) is 0 Å². The number of aliphatic hydroxyl groups excluding tert-OH is 1. The Morgan fingerprint density at radius 1 is 1.45 bits per heavy atom. The molecule has 1 atom stereocenters. The van der Waals surface area contributed by atoms with Gasteiger partial charge in [-0.15, -0.1) is 0 Å². The Bertz CT molecular complexity index is 453. The van der Waals surface area contributed by atoms with Gasteiger partial charge in [0.15, 0.2) is 0 Å². The first-order valence-corrected chi connectivity index (χ1v) is 6.28. The number of β-amino-alcohol motifs (C(OH)–C–C–N with tert-alkyl or cyclic N) is 1. The molecule has 0 aromatic heterocycles. The number of alkyl halides is 2. The Morgan fingerprint density at radius 3 is 2.70 bits per heavy atom. The molecule has 1 aliphatic rings. The van der Waals surface area contributed by atoms with Crippen molar-refractivity contribution in [1.82, 2.24) is 4.90 Å². The van der Waals surface area contributed by atoms with E-state index in [1.165, 1.54) is 24.3 Å². The molecule has 5 nitrogen and oxygen atoms in total. The summed E-state index contributed by atoms with van der Waals surface area (Å²) in [6.45, 7) is -1.48. The Labute approximate surface area is 115 Å². The SMILES string of the molecule is O=C(CN1CC[C@H](O)C1)Nc1ccc(OC(F)F)cc1. The van der Waals surface area contributed by atoms with Crippen LogP contribution in [0.4, 0.5) is 14.5 Å². The lowest BCUT2D eigenvalue weighted by Gasteiger charge is -2.14. The number of halogens is 2. The number of likely N-dealkylation sites (tertiary alicyclic amines) is 1. The van der Waals surface area contributed by atoms with Gasteiger partial charge < -0.3 is 15.2 Å². The molecule has 0 saturated carbocycles.